The standard InChI is InChI=1S/C15H15ClN2O/c16-12-1-5-14(6-2-12)19-15-9-11(7-8-17-15)10-18-13-3-4-13/h1-2,5-9,13,18H,3-4,10H2. The van der Waals surface area contributed by atoms with Crippen LogP contribution >= 0.6 is 11.6 Å². The summed E-state index contributed by atoms with van der Waals surface area (Å²) in [6.07, 6.45) is 4.35. The number of hydrogen-bond donors (Lipinski definition) is 1. The van der Waals surface area contributed by atoms with Crippen LogP contribution in [0.3, 0.4) is 0 Å². The van der Waals surface area contributed by atoms with Crippen LogP contribution in [0.5, 0.6) is 11.6 Å². The van der Waals surface area contributed by atoms with Crippen LogP contribution in [-0.4, -0.2) is 11.0 Å². The van der Waals surface area contributed by atoms with Gasteiger partial charge in [-0.3, -0.25) is 0 Å². The molecule has 0 amide bonds. The minimum absolute atomic E-state index is 0.609. The lowest BCUT2D eigenvalue weighted by Crippen LogP contribution is -2.15. The van der Waals surface area contributed by atoms with Gasteiger partial charge in [0, 0.05) is 29.9 Å². The smallest absolute Gasteiger partial charge is 0.219 e. The predicted octanol–water partition coefficient (Wildman–Crippen LogP) is 3.78. The summed E-state index contributed by atoms with van der Waals surface area (Å²) in [5.74, 6) is 1.35. The molecule has 1 aromatic heterocycles. The lowest BCUT2D eigenvalue weighted by molar-refractivity contribution is 0.461. The number of pyridine rings is 1. The lowest BCUT2D eigenvalue weighted by atomic mass is 10.2. The van der Waals surface area contributed by atoms with Crippen LogP contribution in [0.15, 0.2) is 42.6 Å². The van der Waals surface area contributed by atoms with Crippen molar-refractivity contribution >= 4 is 11.6 Å². The van der Waals surface area contributed by atoms with E-state index >= 15 is 0 Å². The zero-order valence-corrected chi connectivity index (χ0v) is 11.2. The number of nitrogens with zero attached hydrogens (tertiary/aromatic N) is 1. The maximum Gasteiger partial charge on any atom is 0.219 e. The molecule has 1 N–H and O–H groups in total. The Balaban J connectivity index is 1.66. The molecule has 19 heavy (non-hydrogen) atoms. The molecule has 0 spiro atoms. The molecular formula is C15H15ClN2O. The Labute approximate surface area is 117 Å². The van der Waals surface area contributed by atoms with Gasteiger partial charge in [-0.2, -0.15) is 0 Å². The third kappa shape index (κ3) is 3.69. The first kappa shape index (κ1) is 12.5. The fourth-order valence-electron chi connectivity index (χ4n) is 1.79. The molecule has 1 aromatic carbocycles. The van der Waals surface area contributed by atoms with Crippen molar-refractivity contribution in [2.45, 2.75) is 25.4 Å². The number of hydrogen-bond acceptors (Lipinski definition) is 3. The summed E-state index contributed by atoms with van der Waals surface area (Å²) in [7, 11) is 0. The highest BCUT2D eigenvalue weighted by molar-refractivity contribution is 6.30. The average molecular weight is 275 g/mol. The number of benzene rings is 1. The van der Waals surface area contributed by atoms with E-state index in [-0.39, 0.29) is 0 Å². The molecule has 98 valence electrons. The predicted molar refractivity (Wildman–Crippen MR) is 75.6 cm³/mol. The topological polar surface area (TPSA) is 34.1 Å². The van der Waals surface area contributed by atoms with Crippen molar-refractivity contribution in [3.8, 4) is 11.6 Å². The van der Waals surface area contributed by atoms with Gasteiger partial charge in [-0.15, -0.1) is 0 Å². The number of aromatic nitrogens is 1. The highest BCUT2D eigenvalue weighted by Gasteiger charge is 2.19. The number of ether oxygens (including phenoxy) is 1. The average Bonchev–Trinajstić information content (AvgIpc) is 3.24. The van der Waals surface area contributed by atoms with Crippen molar-refractivity contribution in [2.75, 3.05) is 0 Å². The van der Waals surface area contributed by atoms with Gasteiger partial charge < -0.3 is 10.1 Å². The Bertz CT molecular complexity index is 552. The highest BCUT2D eigenvalue weighted by atomic mass is 35.5. The summed E-state index contributed by atoms with van der Waals surface area (Å²) in [5.41, 5.74) is 1.19. The summed E-state index contributed by atoms with van der Waals surface area (Å²) in [6, 6.07) is 11.9. The van der Waals surface area contributed by atoms with Crippen LogP contribution in [0, 0.1) is 0 Å². The van der Waals surface area contributed by atoms with Gasteiger partial charge in [-0.05, 0) is 48.7 Å². The molecule has 0 radical (unpaired) electrons. The van der Waals surface area contributed by atoms with Crippen molar-refractivity contribution in [2.24, 2.45) is 0 Å². The van der Waals surface area contributed by atoms with Crippen LogP contribution in [0.25, 0.3) is 0 Å². The van der Waals surface area contributed by atoms with E-state index < -0.39 is 0 Å². The van der Waals surface area contributed by atoms with Gasteiger partial charge in [0.05, 0.1) is 0 Å². The summed E-state index contributed by atoms with van der Waals surface area (Å²) in [5, 5.41) is 4.17. The molecule has 3 rings (SSSR count). The fraction of sp³-hybridized carbons (Fsp3) is 0.267. The summed E-state index contributed by atoms with van der Waals surface area (Å²) >= 11 is 5.84. The first-order valence-corrected chi connectivity index (χ1v) is 6.79. The van der Waals surface area contributed by atoms with E-state index in [0.29, 0.717) is 16.9 Å². The maximum absolute atomic E-state index is 5.84. The zero-order chi connectivity index (χ0) is 13.1. The molecular weight excluding hydrogens is 260 g/mol. The minimum Gasteiger partial charge on any atom is -0.439 e. The van der Waals surface area contributed by atoms with Crippen molar-refractivity contribution in [3.63, 3.8) is 0 Å². The van der Waals surface area contributed by atoms with E-state index in [1.54, 1.807) is 18.3 Å². The van der Waals surface area contributed by atoms with Crippen molar-refractivity contribution < 1.29 is 4.74 Å². The van der Waals surface area contributed by atoms with Gasteiger partial charge in [0.15, 0.2) is 0 Å². The van der Waals surface area contributed by atoms with Crippen LogP contribution in [0.4, 0.5) is 0 Å². The van der Waals surface area contributed by atoms with Crippen molar-refractivity contribution in [3.05, 3.63) is 53.2 Å². The summed E-state index contributed by atoms with van der Waals surface area (Å²) in [4.78, 5) is 4.22. The SMILES string of the molecule is Clc1ccc(Oc2cc(CNC3CC3)ccn2)cc1. The van der Waals surface area contributed by atoms with E-state index in [9.17, 15) is 0 Å². The molecule has 4 heteroatoms. The molecule has 0 atom stereocenters. The zero-order valence-electron chi connectivity index (χ0n) is 10.5. The largest absolute Gasteiger partial charge is 0.439 e. The monoisotopic (exact) mass is 274 g/mol. The Morgan fingerprint density at radius 1 is 1.21 bits per heavy atom. The third-order valence-corrected chi connectivity index (χ3v) is 3.26. The fourth-order valence-corrected chi connectivity index (χ4v) is 1.92. The highest BCUT2D eigenvalue weighted by Crippen LogP contribution is 2.23. The quantitative estimate of drug-likeness (QED) is 0.901. The third-order valence-electron chi connectivity index (χ3n) is 3.01. The van der Waals surface area contributed by atoms with Gasteiger partial charge >= 0.3 is 0 Å². The first-order valence-electron chi connectivity index (χ1n) is 6.41. The number of halogens is 1. The molecule has 1 heterocycles. The second-order valence-electron chi connectivity index (χ2n) is 4.71. The van der Waals surface area contributed by atoms with Crippen LogP contribution in [0.1, 0.15) is 18.4 Å². The molecule has 0 unspecified atom stereocenters. The van der Waals surface area contributed by atoms with E-state index in [1.807, 2.05) is 24.3 Å². The minimum atomic E-state index is 0.609. The van der Waals surface area contributed by atoms with Crippen LogP contribution in [0.2, 0.25) is 5.02 Å². The second kappa shape index (κ2) is 5.59. The van der Waals surface area contributed by atoms with Crippen molar-refractivity contribution in [1.82, 2.24) is 10.3 Å². The number of nitrogens with one attached hydrogen (secondary N) is 1. The van der Waals surface area contributed by atoms with Gasteiger partial charge in [-0.25, -0.2) is 4.98 Å². The van der Waals surface area contributed by atoms with Gasteiger partial charge in [0.1, 0.15) is 5.75 Å². The molecule has 1 saturated carbocycles. The molecule has 0 aliphatic heterocycles. The van der Waals surface area contributed by atoms with Crippen LogP contribution in [-0.2, 0) is 6.54 Å². The Kier molecular flexibility index (Phi) is 3.67. The second-order valence-corrected chi connectivity index (χ2v) is 5.15. The van der Waals surface area contributed by atoms with Crippen molar-refractivity contribution in [1.29, 1.82) is 0 Å². The van der Waals surface area contributed by atoms with E-state index in [2.05, 4.69) is 10.3 Å². The Morgan fingerprint density at radius 2 is 2.00 bits per heavy atom. The molecule has 2 aromatic rings. The normalized spacial score (nSPS) is 14.4. The first-order chi connectivity index (χ1) is 9.29. The molecule has 1 aliphatic rings. The van der Waals surface area contributed by atoms with Gasteiger partial charge in [0.25, 0.3) is 0 Å². The van der Waals surface area contributed by atoms with Gasteiger partial charge in [0.2, 0.25) is 5.88 Å². The lowest BCUT2D eigenvalue weighted by Gasteiger charge is -2.07. The van der Waals surface area contributed by atoms with Crippen LogP contribution < -0.4 is 10.1 Å². The maximum atomic E-state index is 5.84. The molecule has 3 nitrogen and oxygen atoms in total. The van der Waals surface area contributed by atoms with E-state index in [4.69, 9.17) is 16.3 Å². The Morgan fingerprint density at radius 3 is 2.74 bits per heavy atom. The molecule has 0 bridgehead atoms. The summed E-state index contributed by atoms with van der Waals surface area (Å²) in [6.45, 7) is 0.865. The Hall–Kier alpha value is -1.58. The van der Waals surface area contributed by atoms with E-state index in [0.717, 1.165) is 12.3 Å². The molecule has 1 fully saturated rings. The van der Waals surface area contributed by atoms with Gasteiger partial charge in [-0.1, -0.05) is 11.6 Å². The van der Waals surface area contributed by atoms with E-state index in [1.165, 1.54) is 18.4 Å². The number of rotatable bonds is 5. The molecule has 0 saturated heterocycles. The molecule has 1 aliphatic carbocycles. The summed E-state index contributed by atoms with van der Waals surface area (Å²) < 4.78 is 5.70.